The number of aryl methyl sites for hydroxylation is 1. The Morgan fingerprint density at radius 1 is 1.08 bits per heavy atom. The fraction of sp³-hybridized carbons (Fsp3) is 0.300. The number of carbonyl (C=O) groups excluding carboxylic acids is 2. The highest BCUT2D eigenvalue weighted by molar-refractivity contribution is 6.07. The van der Waals surface area contributed by atoms with Crippen molar-refractivity contribution in [2.24, 2.45) is 0 Å². The molecule has 3 rings (SSSR count). The summed E-state index contributed by atoms with van der Waals surface area (Å²) in [5, 5.41) is 2.87. The summed E-state index contributed by atoms with van der Waals surface area (Å²) >= 11 is 0. The lowest BCUT2D eigenvalue weighted by molar-refractivity contribution is -0.132. The zero-order valence-corrected chi connectivity index (χ0v) is 14.5. The molecule has 2 aromatic carbocycles. The molecular formula is C20H22N2O3. The minimum atomic E-state index is -0.984. The molecule has 0 radical (unpaired) electrons. The van der Waals surface area contributed by atoms with Gasteiger partial charge < -0.3 is 10.1 Å². The molecule has 5 heteroatoms. The number of amides is 3. The highest BCUT2D eigenvalue weighted by Gasteiger charge is 2.50. The highest BCUT2D eigenvalue weighted by atomic mass is 16.5. The molecule has 1 aliphatic heterocycles. The van der Waals surface area contributed by atoms with Crippen LogP contribution in [0.25, 0.3) is 0 Å². The fourth-order valence-electron chi connectivity index (χ4n) is 3.15. The smallest absolute Gasteiger partial charge is 0.325 e. The summed E-state index contributed by atoms with van der Waals surface area (Å²) in [5.41, 5.74) is 0.918. The van der Waals surface area contributed by atoms with Crippen molar-refractivity contribution in [1.82, 2.24) is 10.2 Å². The van der Waals surface area contributed by atoms with Crippen molar-refractivity contribution in [3.63, 3.8) is 0 Å². The van der Waals surface area contributed by atoms with Gasteiger partial charge in [0.1, 0.15) is 17.9 Å². The Labute approximate surface area is 147 Å². The number of imide groups is 1. The quantitative estimate of drug-likeness (QED) is 0.823. The van der Waals surface area contributed by atoms with Gasteiger partial charge in [-0.15, -0.1) is 0 Å². The molecular weight excluding hydrogens is 316 g/mol. The Hall–Kier alpha value is -2.82. The third-order valence-corrected chi connectivity index (χ3v) is 4.55. The van der Waals surface area contributed by atoms with E-state index >= 15 is 0 Å². The van der Waals surface area contributed by atoms with E-state index in [0.29, 0.717) is 6.42 Å². The number of hydrogen-bond donors (Lipinski definition) is 1. The number of nitrogens with zero attached hydrogens (tertiary/aromatic N) is 1. The van der Waals surface area contributed by atoms with Crippen molar-refractivity contribution in [2.45, 2.75) is 25.8 Å². The Kier molecular flexibility index (Phi) is 4.74. The molecule has 0 aromatic heterocycles. The Morgan fingerprint density at radius 2 is 1.84 bits per heavy atom. The predicted octanol–water partition coefficient (Wildman–Crippen LogP) is 3.23. The second-order valence-electron chi connectivity index (χ2n) is 6.18. The maximum Gasteiger partial charge on any atom is 0.325 e. The van der Waals surface area contributed by atoms with Crippen LogP contribution in [0, 0.1) is 6.92 Å². The first-order chi connectivity index (χ1) is 12.1. The molecule has 2 aromatic rings. The Balaban J connectivity index is 1.71. The summed E-state index contributed by atoms with van der Waals surface area (Å²) in [6.07, 6.45) is 0.497. The molecule has 1 saturated heterocycles. The van der Waals surface area contributed by atoms with Gasteiger partial charge in [0, 0.05) is 0 Å². The standard InChI is InChI=1S/C20H22N2O3/c1-3-20(16-9-5-4-6-10-16)18(23)22(19(24)21-20)12-13-25-17-11-7-8-15(2)14-17/h4-11,14H,3,12-13H2,1-2H3,(H,21,24)/t20-/m1/s1. The SMILES string of the molecule is CC[C@]1(c2ccccc2)NC(=O)N(CCOc2cccc(C)c2)C1=O. The lowest BCUT2D eigenvalue weighted by Gasteiger charge is -2.25. The summed E-state index contributed by atoms with van der Waals surface area (Å²) in [4.78, 5) is 26.6. The van der Waals surface area contributed by atoms with Crippen LogP contribution in [0.2, 0.25) is 0 Å². The number of hydrogen-bond acceptors (Lipinski definition) is 3. The van der Waals surface area contributed by atoms with E-state index in [9.17, 15) is 9.59 Å². The van der Waals surface area contributed by atoms with Crippen molar-refractivity contribution < 1.29 is 14.3 Å². The predicted molar refractivity (Wildman–Crippen MR) is 95.3 cm³/mol. The summed E-state index contributed by atoms with van der Waals surface area (Å²) < 4.78 is 5.68. The average Bonchev–Trinajstić information content (AvgIpc) is 2.87. The number of rotatable bonds is 6. The largest absolute Gasteiger partial charge is 0.492 e. The fourth-order valence-corrected chi connectivity index (χ4v) is 3.15. The van der Waals surface area contributed by atoms with Crippen molar-refractivity contribution in [2.75, 3.05) is 13.2 Å². The van der Waals surface area contributed by atoms with Crippen molar-refractivity contribution in [3.05, 3.63) is 65.7 Å². The summed E-state index contributed by atoms with van der Waals surface area (Å²) in [6, 6.07) is 16.7. The van der Waals surface area contributed by atoms with Crippen LogP contribution in [-0.4, -0.2) is 30.0 Å². The zero-order chi connectivity index (χ0) is 17.9. The number of nitrogens with one attached hydrogen (secondary N) is 1. The summed E-state index contributed by atoms with van der Waals surface area (Å²) in [7, 11) is 0. The van der Waals surface area contributed by atoms with Crippen molar-refractivity contribution in [1.29, 1.82) is 0 Å². The maximum atomic E-state index is 13.0. The number of carbonyl (C=O) groups is 2. The van der Waals surface area contributed by atoms with Crippen molar-refractivity contribution in [3.8, 4) is 5.75 Å². The normalized spacial score (nSPS) is 19.8. The van der Waals surface area contributed by atoms with E-state index in [4.69, 9.17) is 4.74 Å². The molecule has 1 aliphatic rings. The third-order valence-electron chi connectivity index (χ3n) is 4.55. The highest BCUT2D eigenvalue weighted by Crippen LogP contribution is 2.32. The molecule has 0 saturated carbocycles. The van der Waals surface area contributed by atoms with Crippen LogP contribution in [0.4, 0.5) is 4.79 Å². The third kappa shape index (κ3) is 3.22. The van der Waals surface area contributed by atoms with Gasteiger partial charge in [0.05, 0.1) is 6.54 Å². The molecule has 25 heavy (non-hydrogen) atoms. The van der Waals surface area contributed by atoms with E-state index < -0.39 is 5.54 Å². The van der Waals surface area contributed by atoms with Gasteiger partial charge in [0.15, 0.2) is 0 Å². The van der Waals surface area contributed by atoms with Gasteiger partial charge in [-0.2, -0.15) is 0 Å². The van der Waals surface area contributed by atoms with Gasteiger partial charge >= 0.3 is 6.03 Å². The van der Waals surface area contributed by atoms with E-state index in [1.165, 1.54) is 4.90 Å². The molecule has 0 aliphatic carbocycles. The van der Waals surface area contributed by atoms with Gasteiger partial charge in [-0.1, -0.05) is 49.4 Å². The van der Waals surface area contributed by atoms with E-state index in [-0.39, 0.29) is 25.1 Å². The lowest BCUT2D eigenvalue weighted by atomic mass is 9.87. The maximum absolute atomic E-state index is 13.0. The minimum absolute atomic E-state index is 0.215. The van der Waals surface area contributed by atoms with E-state index in [0.717, 1.165) is 16.9 Å². The molecule has 130 valence electrons. The topological polar surface area (TPSA) is 58.6 Å². The van der Waals surface area contributed by atoms with Crippen molar-refractivity contribution >= 4 is 11.9 Å². The van der Waals surface area contributed by atoms with Gasteiger partial charge in [-0.3, -0.25) is 9.69 Å². The van der Waals surface area contributed by atoms with Gasteiger partial charge in [0.25, 0.3) is 5.91 Å². The summed E-state index contributed by atoms with van der Waals surface area (Å²) in [5.74, 6) is 0.510. The van der Waals surface area contributed by atoms with Crippen LogP contribution < -0.4 is 10.1 Å². The first kappa shape index (κ1) is 17.0. The van der Waals surface area contributed by atoms with E-state index in [1.54, 1.807) is 0 Å². The molecule has 5 nitrogen and oxygen atoms in total. The van der Waals surface area contributed by atoms with Gasteiger partial charge in [-0.25, -0.2) is 4.79 Å². The molecule has 0 spiro atoms. The van der Waals surface area contributed by atoms with Crippen LogP contribution >= 0.6 is 0 Å². The Morgan fingerprint density at radius 3 is 2.52 bits per heavy atom. The molecule has 1 fully saturated rings. The van der Waals surface area contributed by atoms with Crippen LogP contribution in [0.1, 0.15) is 24.5 Å². The second-order valence-corrected chi connectivity index (χ2v) is 6.18. The monoisotopic (exact) mass is 338 g/mol. The van der Waals surface area contributed by atoms with Crippen LogP contribution in [0.3, 0.4) is 0 Å². The zero-order valence-electron chi connectivity index (χ0n) is 14.5. The molecule has 3 amide bonds. The van der Waals surface area contributed by atoms with Crippen LogP contribution in [-0.2, 0) is 10.3 Å². The first-order valence-corrected chi connectivity index (χ1v) is 8.46. The van der Waals surface area contributed by atoms with Crippen LogP contribution in [0.5, 0.6) is 5.75 Å². The molecule has 1 N–H and O–H groups in total. The number of ether oxygens (including phenoxy) is 1. The second kappa shape index (κ2) is 6.97. The lowest BCUT2D eigenvalue weighted by Crippen LogP contribution is -2.43. The van der Waals surface area contributed by atoms with E-state index in [1.807, 2.05) is 68.4 Å². The molecule has 1 heterocycles. The van der Waals surface area contributed by atoms with Gasteiger partial charge in [0.2, 0.25) is 0 Å². The van der Waals surface area contributed by atoms with Crippen LogP contribution in [0.15, 0.2) is 54.6 Å². The average molecular weight is 338 g/mol. The first-order valence-electron chi connectivity index (χ1n) is 8.46. The molecule has 1 atom stereocenters. The summed E-state index contributed by atoms with van der Waals surface area (Å²) in [6.45, 7) is 4.36. The number of benzene rings is 2. The number of urea groups is 1. The molecule has 0 unspecified atom stereocenters. The van der Waals surface area contributed by atoms with E-state index in [2.05, 4.69) is 5.32 Å². The Bertz CT molecular complexity index is 776. The minimum Gasteiger partial charge on any atom is -0.492 e. The van der Waals surface area contributed by atoms with Gasteiger partial charge in [-0.05, 0) is 36.6 Å². The molecule has 0 bridgehead atoms.